The van der Waals surface area contributed by atoms with E-state index in [0.29, 0.717) is 6.04 Å². The number of benzene rings is 1. The monoisotopic (exact) mass is 265 g/mol. The molecule has 1 aromatic carbocycles. The molecule has 18 heavy (non-hydrogen) atoms. The van der Waals surface area contributed by atoms with Crippen LogP contribution in [0.3, 0.4) is 0 Å². The zero-order chi connectivity index (χ0) is 12.6. The summed E-state index contributed by atoms with van der Waals surface area (Å²) in [6.45, 7) is 5.11. The molecule has 2 nitrogen and oxygen atoms in total. The lowest BCUT2D eigenvalue weighted by Crippen LogP contribution is -2.40. The molecular weight excluding hydrogens is 242 g/mol. The standard InChI is InChI=1S/C15H23NOS/c1-2-16-15(13-8-10-17-11-9-13)12-18-14-6-4-3-5-7-14/h3-7,13,15-16H,2,8-12H2,1H3. The fourth-order valence-corrected chi connectivity index (χ4v) is 3.56. The van der Waals surface area contributed by atoms with Crippen molar-refractivity contribution in [2.45, 2.75) is 30.7 Å². The molecule has 1 aliphatic heterocycles. The smallest absolute Gasteiger partial charge is 0.0469 e. The second-order valence-corrected chi connectivity index (χ2v) is 5.83. The van der Waals surface area contributed by atoms with Gasteiger partial charge in [0.05, 0.1) is 0 Å². The minimum Gasteiger partial charge on any atom is -0.381 e. The van der Waals surface area contributed by atoms with E-state index in [4.69, 9.17) is 4.74 Å². The van der Waals surface area contributed by atoms with E-state index >= 15 is 0 Å². The van der Waals surface area contributed by atoms with Crippen molar-refractivity contribution < 1.29 is 4.74 Å². The molecule has 1 saturated heterocycles. The minimum absolute atomic E-state index is 0.615. The summed E-state index contributed by atoms with van der Waals surface area (Å²) in [5.74, 6) is 1.93. The molecular formula is C15H23NOS. The van der Waals surface area contributed by atoms with Gasteiger partial charge in [-0.1, -0.05) is 25.1 Å². The van der Waals surface area contributed by atoms with Gasteiger partial charge in [-0.25, -0.2) is 0 Å². The molecule has 3 heteroatoms. The average molecular weight is 265 g/mol. The molecule has 0 radical (unpaired) electrons. The number of hydrogen-bond donors (Lipinski definition) is 1. The normalized spacial score (nSPS) is 18.7. The van der Waals surface area contributed by atoms with Gasteiger partial charge in [0.2, 0.25) is 0 Å². The molecule has 0 bridgehead atoms. The van der Waals surface area contributed by atoms with Gasteiger partial charge in [-0.15, -0.1) is 11.8 Å². The van der Waals surface area contributed by atoms with Crippen LogP contribution in [0.5, 0.6) is 0 Å². The minimum atomic E-state index is 0.615. The van der Waals surface area contributed by atoms with Crippen molar-refractivity contribution in [2.75, 3.05) is 25.5 Å². The molecule has 2 rings (SSSR count). The highest BCUT2D eigenvalue weighted by atomic mass is 32.2. The quantitative estimate of drug-likeness (QED) is 0.798. The predicted octanol–water partition coefficient (Wildman–Crippen LogP) is 3.18. The molecule has 1 N–H and O–H groups in total. The van der Waals surface area contributed by atoms with E-state index in [9.17, 15) is 0 Å². The number of rotatable bonds is 6. The first-order valence-electron chi connectivity index (χ1n) is 6.89. The summed E-state index contributed by atoms with van der Waals surface area (Å²) < 4.78 is 5.46. The largest absolute Gasteiger partial charge is 0.381 e. The van der Waals surface area contributed by atoms with E-state index in [-0.39, 0.29) is 0 Å². The summed E-state index contributed by atoms with van der Waals surface area (Å²) >= 11 is 1.96. The van der Waals surface area contributed by atoms with E-state index in [1.807, 2.05) is 11.8 Å². The van der Waals surface area contributed by atoms with E-state index in [0.717, 1.165) is 31.4 Å². The number of thioether (sulfide) groups is 1. The van der Waals surface area contributed by atoms with Gasteiger partial charge in [0.15, 0.2) is 0 Å². The number of hydrogen-bond acceptors (Lipinski definition) is 3. The van der Waals surface area contributed by atoms with Gasteiger partial charge < -0.3 is 10.1 Å². The highest BCUT2D eigenvalue weighted by molar-refractivity contribution is 7.99. The van der Waals surface area contributed by atoms with Crippen molar-refractivity contribution in [3.8, 4) is 0 Å². The van der Waals surface area contributed by atoms with E-state index in [2.05, 4.69) is 42.6 Å². The first-order chi connectivity index (χ1) is 8.90. The number of nitrogens with one attached hydrogen (secondary N) is 1. The Labute approximate surface area is 114 Å². The lowest BCUT2D eigenvalue weighted by atomic mass is 9.93. The lowest BCUT2D eigenvalue weighted by molar-refractivity contribution is 0.0568. The van der Waals surface area contributed by atoms with Crippen LogP contribution in [0.15, 0.2) is 35.2 Å². The molecule has 1 fully saturated rings. The van der Waals surface area contributed by atoms with Crippen molar-refractivity contribution in [3.05, 3.63) is 30.3 Å². The third kappa shape index (κ3) is 4.30. The van der Waals surface area contributed by atoms with Gasteiger partial charge in [-0.05, 0) is 37.4 Å². The van der Waals surface area contributed by atoms with Crippen molar-refractivity contribution in [2.24, 2.45) is 5.92 Å². The molecule has 1 heterocycles. The highest BCUT2D eigenvalue weighted by Gasteiger charge is 2.23. The van der Waals surface area contributed by atoms with Crippen LogP contribution in [0.2, 0.25) is 0 Å². The summed E-state index contributed by atoms with van der Waals surface area (Å²) in [6, 6.07) is 11.3. The third-order valence-corrected chi connectivity index (χ3v) is 4.61. The van der Waals surface area contributed by atoms with Crippen LogP contribution in [0.4, 0.5) is 0 Å². The molecule has 1 aliphatic rings. The molecule has 1 aromatic rings. The van der Waals surface area contributed by atoms with Crippen LogP contribution >= 0.6 is 11.8 Å². The maximum atomic E-state index is 5.46. The van der Waals surface area contributed by atoms with E-state index in [1.165, 1.54) is 17.7 Å². The maximum Gasteiger partial charge on any atom is 0.0469 e. The Morgan fingerprint density at radius 1 is 1.28 bits per heavy atom. The third-order valence-electron chi connectivity index (χ3n) is 3.47. The molecule has 0 saturated carbocycles. The Balaban J connectivity index is 1.85. The molecule has 1 unspecified atom stereocenters. The van der Waals surface area contributed by atoms with Gasteiger partial charge >= 0.3 is 0 Å². The van der Waals surface area contributed by atoms with Gasteiger partial charge in [0.1, 0.15) is 0 Å². The second kappa shape index (κ2) is 7.82. The van der Waals surface area contributed by atoms with Gasteiger partial charge in [0, 0.05) is 29.9 Å². The highest BCUT2D eigenvalue weighted by Crippen LogP contribution is 2.25. The Bertz CT molecular complexity index is 325. The molecule has 0 aliphatic carbocycles. The SMILES string of the molecule is CCNC(CSc1ccccc1)C1CCOCC1. The topological polar surface area (TPSA) is 21.3 Å². The Hall–Kier alpha value is -0.510. The molecule has 100 valence electrons. The Morgan fingerprint density at radius 2 is 2.00 bits per heavy atom. The molecule has 1 atom stereocenters. The lowest BCUT2D eigenvalue weighted by Gasteiger charge is -2.30. The summed E-state index contributed by atoms with van der Waals surface area (Å²) in [6.07, 6.45) is 2.40. The van der Waals surface area contributed by atoms with Crippen molar-refractivity contribution >= 4 is 11.8 Å². The van der Waals surface area contributed by atoms with E-state index in [1.54, 1.807) is 0 Å². The van der Waals surface area contributed by atoms with Crippen LogP contribution in [0.25, 0.3) is 0 Å². The van der Waals surface area contributed by atoms with Crippen LogP contribution in [-0.4, -0.2) is 31.6 Å². The van der Waals surface area contributed by atoms with Crippen LogP contribution in [-0.2, 0) is 4.74 Å². The summed E-state index contributed by atoms with van der Waals surface area (Å²) in [5.41, 5.74) is 0. The summed E-state index contributed by atoms with van der Waals surface area (Å²) in [5, 5.41) is 3.65. The van der Waals surface area contributed by atoms with Gasteiger partial charge in [-0.3, -0.25) is 0 Å². The zero-order valence-corrected chi connectivity index (χ0v) is 11.9. The van der Waals surface area contributed by atoms with E-state index < -0.39 is 0 Å². The van der Waals surface area contributed by atoms with Crippen LogP contribution in [0.1, 0.15) is 19.8 Å². The van der Waals surface area contributed by atoms with Crippen LogP contribution in [0, 0.1) is 5.92 Å². The first-order valence-corrected chi connectivity index (χ1v) is 7.87. The maximum absolute atomic E-state index is 5.46. The molecule has 0 aromatic heterocycles. The number of ether oxygens (including phenoxy) is 1. The fraction of sp³-hybridized carbons (Fsp3) is 0.600. The fourth-order valence-electron chi connectivity index (χ4n) is 2.44. The zero-order valence-electron chi connectivity index (χ0n) is 11.1. The van der Waals surface area contributed by atoms with Crippen molar-refractivity contribution in [1.29, 1.82) is 0 Å². The van der Waals surface area contributed by atoms with Crippen LogP contribution < -0.4 is 5.32 Å². The van der Waals surface area contributed by atoms with Crippen molar-refractivity contribution in [1.82, 2.24) is 5.32 Å². The first kappa shape index (κ1) is 13.9. The van der Waals surface area contributed by atoms with Crippen molar-refractivity contribution in [3.63, 3.8) is 0 Å². The Kier molecular flexibility index (Phi) is 6.05. The average Bonchev–Trinajstić information content (AvgIpc) is 2.45. The summed E-state index contributed by atoms with van der Waals surface area (Å²) in [4.78, 5) is 1.37. The Morgan fingerprint density at radius 3 is 2.67 bits per heavy atom. The molecule has 0 amide bonds. The van der Waals surface area contributed by atoms with Gasteiger partial charge in [-0.2, -0.15) is 0 Å². The second-order valence-electron chi connectivity index (χ2n) is 4.74. The summed E-state index contributed by atoms with van der Waals surface area (Å²) in [7, 11) is 0. The predicted molar refractivity (Wildman–Crippen MR) is 78.2 cm³/mol. The van der Waals surface area contributed by atoms with Gasteiger partial charge in [0.25, 0.3) is 0 Å². The molecule has 0 spiro atoms.